The zero-order valence-corrected chi connectivity index (χ0v) is 42.6. The van der Waals surface area contributed by atoms with Crippen LogP contribution >= 0.6 is 47.5 Å². The third-order valence-corrected chi connectivity index (χ3v) is 12.1. The molecule has 366 valence electrons. The van der Waals surface area contributed by atoms with E-state index in [-0.39, 0.29) is 0 Å². The van der Waals surface area contributed by atoms with E-state index < -0.39 is 15.6 Å². The minimum atomic E-state index is -10.7. The molecule has 0 atom stereocenters. The van der Waals surface area contributed by atoms with Crippen LogP contribution < -0.4 is 9.13 Å². The van der Waals surface area contributed by atoms with Gasteiger partial charge in [0.15, 0.2) is 37.9 Å². The summed E-state index contributed by atoms with van der Waals surface area (Å²) in [6.07, 6.45) is 8.78. The summed E-state index contributed by atoms with van der Waals surface area (Å²) in [5.41, 5.74) is 23.3. The van der Waals surface area contributed by atoms with Crippen LogP contribution in [0.3, 0.4) is 0 Å². The number of nitrogens with zero attached hydrogens (tertiary/aromatic N) is 2. The van der Waals surface area contributed by atoms with Crippen molar-refractivity contribution >= 4 is 47.5 Å². The van der Waals surface area contributed by atoms with Gasteiger partial charge in [-0.1, -0.05) is 117 Å². The zero-order valence-electron chi connectivity index (χ0n) is 37.6. The van der Waals surface area contributed by atoms with Crippen LogP contribution in [0.5, 0.6) is 0 Å². The Bertz CT molecular complexity index is 2700. The predicted octanol–water partition coefficient (Wildman–Crippen LogP) is 19.4. The first kappa shape index (κ1) is 54.3. The molecule has 0 aliphatic carbocycles. The Labute approximate surface area is 404 Å². The Morgan fingerprint density at radius 1 is 0.324 bits per heavy atom. The first-order valence-electron chi connectivity index (χ1n) is 20.7. The normalized spacial score (nSPS) is 13.7. The number of benzene rings is 5. The number of hydrogen-bond donors (Lipinski definition) is 0. The Balaban J connectivity index is 0.000000538. The summed E-state index contributed by atoms with van der Waals surface area (Å²) >= 11 is 7.08. The van der Waals surface area contributed by atoms with Crippen molar-refractivity contribution in [1.29, 1.82) is 0 Å². The number of halogens is 14. The molecule has 0 N–H and O–H groups in total. The fraction of sp³-hybridized carbons (Fsp3) is 0.200. The molecule has 0 bridgehead atoms. The van der Waals surface area contributed by atoms with Crippen molar-refractivity contribution in [3.8, 4) is 44.5 Å². The Kier molecular flexibility index (Phi) is 15.1. The molecule has 18 heteroatoms. The van der Waals surface area contributed by atoms with Gasteiger partial charge in [0.1, 0.15) is 0 Å². The van der Waals surface area contributed by atoms with Gasteiger partial charge < -0.3 is 0 Å². The molecule has 2 heterocycles. The van der Waals surface area contributed by atoms with Crippen LogP contribution in [0.2, 0.25) is 0 Å². The number of hydrogen-bond acceptors (Lipinski definition) is 0. The van der Waals surface area contributed by atoms with Crippen LogP contribution in [0.1, 0.15) is 55.6 Å². The summed E-state index contributed by atoms with van der Waals surface area (Å²) < 4.78 is 123. The second-order valence-corrected chi connectivity index (χ2v) is 21.7. The van der Waals surface area contributed by atoms with Crippen molar-refractivity contribution in [2.45, 2.75) is 65.3 Å². The number of aromatic nitrogens is 2. The van der Waals surface area contributed by atoms with E-state index in [4.69, 9.17) is 0 Å². The summed E-state index contributed by atoms with van der Waals surface area (Å²) in [4.78, 5) is 0. The molecule has 2 aromatic heterocycles. The van der Waals surface area contributed by atoms with E-state index in [1.165, 1.54) is 100 Å². The van der Waals surface area contributed by atoms with Crippen molar-refractivity contribution in [3.05, 3.63) is 190 Å². The van der Waals surface area contributed by atoms with Crippen molar-refractivity contribution in [1.82, 2.24) is 0 Å². The summed E-state index contributed by atoms with van der Waals surface area (Å²) in [5, 5.41) is 1.77. The van der Waals surface area contributed by atoms with E-state index in [0.717, 1.165) is 23.7 Å². The number of pyridine rings is 2. The van der Waals surface area contributed by atoms with Crippen LogP contribution in [0, 0.1) is 41.5 Å². The molecular weight excluding hydrogens is 1080 g/mol. The number of aryl methyl sites for hydroxylation is 6. The van der Waals surface area contributed by atoms with Crippen molar-refractivity contribution in [2.24, 2.45) is 0 Å². The van der Waals surface area contributed by atoms with E-state index in [0.29, 0.717) is 0 Å². The third kappa shape index (κ3) is 18.0. The van der Waals surface area contributed by atoms with Crippen LogP contribution in [-0.4, -0.2) is 0 Å². The van der Waals surface area contributed by atoms with E-state index in [1.807, 2.05) is 0 Å². The van der Waals surface area contributed by atoms with Gasteiger partial charge in [-0.2, -0.15) is 0 Å². The molecule has 0 aliphatic heterocycles. The second-order valence-electron chi connectivity index (χ2n) is 16.8. The van der Waals surface area contributed by atoms with Crippen LogP contribution in [-0.2, 0) is 23.7 Å². The van der Waals surface area contributed by atoms with Gasteiger partial charge in [0, 0.05) is 46.1 Å². The first-order valence-corrected chi connectivity index (χ1v) is 27.0. The molecule has 0 amide bonds. The first-order chi connectivity index (χ1) is 31.0. The molecule has 0 fully saturated rings. The van der Waals surface area contributed by atoms with Gasteiger partial charge in [0.25, 0.3) is 0 Å². The molecule has 2 nitrogen and oxygen atoms in total. The van der Waals surface area contributed by atoms with E-state index in [1.54, 1.807) is 0 Å². The third-order valence-electron chi connectivity index (χ3n) is 10.8. The van der Waals surface area contributed by atoms with Crippen LogP contribution in [0.4, 0.5) is 50.4 Å². The van der Waals surface area contributed by atoms with Gasteiger partial charge >= 0.3 is 66.0 Å². The van der Waals surface area contributed by atoms with Gasteiger partial charge in [0.05, 0.1) is 0 Å². The molecule has 5 aromatic carbocycles. The monoisotopic (exact) mass is 1120 g/mol. The quantitative estimate of drug-likeness (QED) is 0.0558. The van der Waals surface area contributed by atoms with Gasteiger partial charge in [-0.05, 0) is 131 Å². The minimum absolute atomic E-state index is 0.860. The molecule has 0 unspecified atom stereocenters. The van der Waals surface area contributed by atoms with Gasteiger partial charge in [-0.25, -0.2) is 9.13 Å². The zero-order chi connectivity index (χ0) is 50.7. The van der Waals surface area contributed by atoms with Gasteiger partial charge in [0.2, 0.25) is 0 Å². The molecule has 0 saturated heterocycles. The number of alkyl halides is 2. The van der Waals surface area contributed by atoms with Crippen LogP contribution in [0.15, 0.2) is 134 Å². The Morgan fingerprint density at radius 2 is 0.515 bits per heavy atom. The average molecular weight is 1130 g/mol. The number of rotatable bonds is 10. The second kappa shape index (κ2) is 18.9. The fourth-order valence-corrected chi connectivity index (χ4v) is 8.35. The fourth-order valence-electron chi connectivity index (χ4n) is 7.60. The van der Waals surface area contributed by atoms with Crippen molar-refractivity contribution in [3.63, 3.8) is 0 Å². The van der Waals surface area contributed by atoms with Crippen molar-refractivity contribution < 1.29 is 59.5 Å². The van der Waals surface area contributed by atoms with Gasteiger partial charge in [-0.3, -0.25) is 0 Å². The molecule has 0 saturated carbocycles. The van der Waals surface area contributed by atoms with E-state index in [9.17, 15) is 50.4 Å². The molecule has 7 aromatic rings. The molecule has 0 aliphatic rings. The maximum absolute atomic E-state index is 10.7. The SMILES string of the molecule is Cc1cc(-c2cc(C)c(-c3cc(C)c(-c4cc[n+](Cc5ccc(CBr)cc5)cc4)cc3C)cc2C)c(C)cc1-c1cc[n+](Cc2ccc(CBr)cc2)cc1.F[P-](F)(F)(F)(F)F.F[P-](F)(F)(F)(F)F. The molecule has 0 spiro atoms. The average Bonchev–Trinajstić information content (AvgIpc) is 3.22. The van der Waals surface area contributed by atoms with E-state index in [2.05, 4.69) is 217 Å². The Hall–Kier alpha value is -4.62. The summed E-state index contributed by atoms with van der Waals surface area (Å²) in [7, 11) is -21.3. The predicted molar refractivity (Wildman–Crippen MR) is 260 cm³/mol. The molecule has 68 heavy (non-hydrogen) atoms. The molecule has 7 rings (SSSR count). The summed E-state index contributed by atoms with van der Waals surface area (Å²) in [5.74, 6) is 0. The maximum atomic E-state index is 9.87. The molecular formula is C50H48Br2F12N2P2. The summed E-state index contributed by atoms with van der Waals surface area (Å²) in [6.45, 7) is 15.2. The summed E-state index contributed by atoms with van der Waals surface area (Å²) in [6, 6.07) is 40.9. The van der Waals surface area contributed by atoms with Gasteiger partial charge in [-0.15, -0.1) is 0 Å². The van der Waals surface area contributed by atoms with Crippen molar-refractivity contribution in [2.75, 3.05) is 0 Å². The standard InChI is InChI=1S/C50H48Br2N2.2F6P/c1-33-25-47(35(3)23-45(33)43-15-19-53(20-16-43)31-41-11-7-39(29-51)8-12-41)49-27-38(6)50(28-37(49)5)48-26-34(2)46(24-36(48)4)44-17-21-54(22-18-44)32-42-13-9-40(30-52)10-14-42;2*1-7(2,3,4,5)6/h7-28H,29-32H2,1-6H3;;/q+2;2*-1. The van der Waals surface area contributed by atoms with Crippen LogP contribution in [0.25, 0.3) is 44.5 Å². The Morgan fingerprint density at radius 3 is 0.735 bits per heavy atom. The topological polar surface area (TPSA) is 7.76 Å². The van der Waals surface area contributed by atoms with E-state index >= 15 is 0 Å². The molecule has 0 radical (unpaired) electrons.